The number of rotatable bonds is 2. The molecular weight excluding hydrogens is 210 g/mol. The summed E-state index contributed by atoms with van der Waals surface area (Å²) in [6.07, 6.45) is 1.73. The van der Waals surface area contributed by atoms with Gasteiger partial charge in [0.1, 0.15) is 6.07 Å². The summed E-state index contributed by atoms with van der Waals surface area (Å²) in [6, 6.07) is 2.26. The molecule has 1 rings (SSSR count). The van der Waals surface area contributed by atoms with Crippen molar-refractivity contribution in [3.63, 3.8) is 0 Å². The van der Waals surface area contributed by atoms with Gasteiger partial charge in [0.05, 0.1) is 17.6 Å². The van der Waals surface area contributed by atoms with Crippen LogP contribution in [0.4, 0.5) is 5.69 Å². The van der Waals surface area contributed by atoms with Crippen LogP contribution >= 0.6 is 0 Å². The Kier molecular flexibility index (Phi) is 3.90. The second-order valence-electron chi connectivity index (χ2n) is 4.54. The molecular formula is C14H19N3. The van der Waals surface area contributed by atoms with Gasteiger partial charge in [-0.25, -0.2) is 4.99 Å². The molecule has 0 bridgehead atoms. The zero-order valence-corrected chi connectivity index (χ0v) is 11.4. The molecule has 0 N–H and O–H groups in total. The molecule has 90 valence electrons. The molecule has 0 heterocycles. The number of benzene rings is 1. The molecule has 0 aliphatic carbocycles. The van der Waals surface area contributed by atoms with Gasteiger partial charge in [0, 0.05) is 14.1 Å². The molecule has 1 aromatic rings. The SMILES string of the molecule is Cc1c(C)c(C)c(N=CN(C)C)c(C#N)c1C. The minimum atomic E-state index is 0.684. The van der Waals surface area contributed by atoms with Crippen LogP contribution in [0.25, 0.3) is 0 Å². The molecule has 0 aliphatic heterocycles. The normalized spacial score (nSPS) is 10.6. The van der Waals surface area contributed by atoms with Crippen LogP contribution in [0.2, 0.25) is 0 Å². The molecule has 0 saturated heterocycles. The number of nitriles is 1. The van der Waals surface area contributed by atoms with Crippen LogP contribution in [0.3, 0.4) is 0 Å². The van der Waals surface area contributed by atoms with Crippen molar-refractivity contribution in [2.45, 2.75) is 27.7 Å². The van der Waals surface area contributed by atoms with Crippen molar-refractivity contribution in [2.24, 2.45) is 4.99 Å². The maximum atomic E-state index is 9.27. The summed E-state index contributed by atoms with van der Waals surface area (Å²) in [4.78, 5) is 6.28. The zero-order chi connectivity index (χ0) is 13.2. The number of hydrogen-bond acceptors (Lipinski definition) is 2. The van der Waals surface area contributed by atoms with E-state index in [1.54, 1.807) is 6.34 Å². The highest BCUT2D eigenvalue weighted by Crippen LogP contribution is 2.32. The van der Waals surface area contributed by atoms with Crippen molar-refractivity contribution in [3.05, 3.63) is 27.8 Å². The maximum absolute atomic E-state index is 9.27. The lowest BCUT2D eigenvalue weighted by atomic mass is 9.93. The first-order valence-corrected chi connectivity index (χ1v) is 5.61. The molecule has 0 aromatic heterocycles. The van der Waals surface area contributed by atoms with Crippen molar-refractivity contribution in [3.8, 4) is 6.07 Å². The Morgan fingerprint density at radius 3 is 2.00 bits per heavy atom. The van der Waals surface area contributed by atoms with E-state index in [0.717, 1.165) is 16.8 Å². The predicted octanol–water partition coefficient (Wildman–Crippen LogP) is 3.01. The van der Waals surface area contributed by atoms with Gasteiger partial charge >= 0.3 is 0 Å². The Labute approximate surface area is 103 Å². The average Bonchev–Trinajstić information content (AvgIpc) is 2.29. The Balaban J connectivity index is 3.54. The number of hydrogen-bond donors (Lipinski definition) is 0. The first-order chi connectivity index (χ1) is 7.90. The molecule has 0 unspecified atom stereocenters. The first-order valence-electron chi connectivity index (χ1n) is 5.61. The minimum Gasteiger partial charge on any atom is -0.369 e. The van der Waals surface area contributed by atoms with Crippen LogP contribution in [0, 0.1) is 39.0 Å². The number of aliphatic imine (C=N–C) groups is 1. The monoisotopic (exact) mass is 229 g/mol. The van der Waals surface area contributed by atoms with Gasteiger partial charge in [-0.2, -0.15) is 5.26 Å². The summed E-state index contributed by atoms with van der Waals surface area (Å²) < 4.78 is 0. The molecule has 17 heavy (non-hydrogen) atoms. The summed E-state index contributed by atoms with van der Waals surface area (Å²) in [5.74, 6) is 0. The third-order valence-electron chi connectivity index (χ3n) is 3.18. The fourth-order valence-electron chi connectivity index (χ4n) is 1.76. The van der Waals surface area contributed by atoms with Gasteiger partial charge in [-0.3, -0.25) is 0 Å². The van der Waals surface area contributed by atoms with Gasteiger partial charge < -0.3 is 4.90 Å². The third-order valence-corrected chi connectivity index (χ3v) is 3.18. The van der Waals surface area contributed by atoms with E-state index in [0.29, 0.717) is 5.56 Å². The minimum absolute atomic E-state index is 0.684. The summed E-state index contributed by atoms with van der Waals surface area (Å²) in [5.41, 5.74) is 5.99. The van der Waals surface area contributed by atoms with Gasteiger partial charge in [0.25, 0.3) is 0 Å². The van der Waals surface area contributed by atoms with Crippen LogP contribution < -0.4 is 0 Å². The van der Waals surface area contributed by atoms with Crippen molar-refractivity contribution in [2.75, 3.05) is 14.1 Å². The van der Waals surface area contributed by atoms with Crippen LogP contribution in [0.5, 0.6) is 0 Å². The summed E-state index contributed by atoms with van der Waals surface area (Å²) in [7, 11) is 3.83. The van der Waals surface area contributed by atoms with E-state index in [9.17, 15) is 5.26 Å². The predicted molar refractivity (Wildman–Crippen MR) is 71.9 cm³/mol. The fourth-order valence-corrected chi connectivity index (χ4v) is 1.76. The fraction of sp³-hybridized carbons (Fsp3) is 0.429. The topological polar surface area (TPSA) is 39.4 Å². The summed E-state index contributed by atoms with van der Waals surface area (Å²) in [5, 5.41) is 9.27. The molecule has 1 aromatic carbocycles. The quantitative estimate of drug-likeness (QED) is 0.577. The van der Waals surface area contributed by atoms with Gasteiger partial charge in [-0.05, 0) is 49.9 Å². The van der Waals surface area contributed by atoms with Crippen LogP contribution in [-0.4, -0.2) is 25.3 Å². The highest BCUT2D eigenvalue weighted by atomic mass is 15.1. The summed E-state index contributed by atoms with van der Waals surface area (Å²) >= 11 is 0. The molecule has 0 radical (unpaired) electrons. The van der Waals surface area contributed by atoms with Gasteiger partial charge in [-0.1, -0.05) is 0 Å². The van der Waals surface area contributed by atoms with Gasteiger partial charge in [0.2, 0.25) is 0 Å². The molecule has 0 aliphatic rings. The third kappa shape index (κ3) is 2.47. The lowest BCUT2D eigenvalue weighted by Crippen LogP contribution is -2.07. The van der Waals surface area contributed by atoms with Gasteiger partial charge in [-0.15, -0.1) is 0 Å². The molecule has 0 spiro atoms. The lowest BCUT2D eigenvalue weighted by Gasteiger charge is -2.14. The Morgan fingerprint density at radius 2 is 1.53 bits per heavy atom. The van der Waals surface area contributed by atoms with Crippen LogP contribution in [0.15, 0.2) is 4.99 Å². The first kappa shape index (κ1) is 13.2. The average molecular weight is 229 g/mol. The molecule has 0 atom stereocenters. The summed E-state index contributed by atoms with van der Waals surface area (Å²) in [6.45, 7) is 8.13. The molecule has 3 heteroatoms. The Hall–Kier alpha value is -1.82. The highest BCUT2D eigenvalue weighted by Gasteiger charge is 2.13. The van der Waals surface area contributed by atoms with E-state index in [2.05, 4.69) is 24.9 Å². The molecule has 0 saturated carbocycles. The van der Waals surface area contributed by atoms with E-state index < -0.39 is 0 Å². The van der Waals surface area contributed by atoms with Gasteiger partial charge in [0.15, 0.2) is 0 Å². The molecule has 3 nitrogen and oxygen atoms in total. The van der Waals surface area contributed by atoms with Crippen molar-refractivity contribution in [1.29, 1.82) is 5.26 Å². The lowest BCUT2D eigenvalue weighted by molar-refractivity contribution is 0.643. The smallest absolute Gasteiger partial charge is 0.102 e. The zero-order valence-electron chi connectivity index (χ0n) is 11.4. The van der Waals surface area contributed by atoms with E-state index in [1.807, 2.05) is 32.8 Å². The standard InChI is InChI=1S/C14H19N3/c1-9-10(2)12(4)14(16-8-17(5)6)13(7-15)11(9)3/h8H,1-6H3. The number of nitrogens with zero attached hydrogens (tertiary/aromatic N) is 3. The van der Waals surface area contributed by atoms with Crippen LogP contribution in [0.1, 0.15) is 27.8 Å². The van der Waals surface area contributed by atoms with Crippen molar-refractivity contribution >= 4 is 12.0 Å². The largest absolute Gasteiger partial charge is 0.369 e. The Bertz CT molecular complexity index is 505. The van der Waals surface area contributed by atoms with E-state index in [1.165, 1.54) is 11.1 Å². The molecule has 0 fully saturated rings. The van der Waals surface area contributed by atoms with Crippen LogP contribution in [-0.2, 0) is 0 Å². The second-order valence-corrected chi connectivity index (χ2v) is 4.54. The maximum Gasteiger partial charge on any atom is 0.102 e. The van der Waals surface area contributed by atoms with Crippen molar-refractivity contribution < 1.29 is 0 Å². The van der Waals surface area contributed by atoms with Crippen molar-refractivity contribution in [1.82, 2.24) is 4.90 Å². The highest BCUT2D eigenvalue weighted by molar-refractivity contribution is 5.71. The van der Waals surface area contributed by atoms with E-state index in [4.69, 9.17) is 0 Å². The molecule has 0 amide bonds. The van der Waals surface area contributed by atoms with E-state index >= 15 is 0 Å². The Morgan fingerprint density at radius 1 is 1.00 bits per heavy atom. The second kappa shape index (κ2) is 5.01. The van der Waals surface area contributed by atoms with E-state index in [-0.39, 0.29) is 0 Å².